The van der Waals surface area contributed by atoms with Gasteiger partial charge >= 0.3 is 0 Å². The maximum Gasteiger partial charge on any atom is 0.253 e. The Hall–Kier alpha value is -1.87. The highest BCUT2D eigenvalue weighted by atomic mass is 32.2. The lowest BCUT2D eigenvalue weighted by molar-refractivity contribution is 0.0730. The predicted octanol–water partition coefficient (Wildman–Crippen LogP) is 3.34. The summed E-state index contributed by atoms with van der Waals surface area (Å²) >= 11 is 1.90. The molecule has 4 rings (SSSR count). The van der Waals surface area contributed by atoms with Gasteiger partial charge in [-0.25, -0.2) is 8.42 Å². The second-order valence-corrected chi connectivity index (χ2v) is 11.1. The van der Waals surface area contributed by atoms with Crippen molar-refractivity contribution in [2.75, 3.05) is 45.1 Å². The Morgan fingerprint density at radius 2 is 1.71 bits per heavy atom. The van der Waals surface area contributed by atoms with Gasteiger partial charge in [-0.15, -0.1) is 0 Å². The summed E-state index contributed by atoms with van der Waals surface area (Å²) in [6, 6.07) is 14.8. The summed E-state index contributed by atoms with van der Waals surface area (Å²) < 4.78 is 32.3. The molecule has 0 aromatic heterocycles. The Labute approximate surface area is 188 Å². The van der Waals surface area contributed by atoms with Gasteiger partial charge in [-0.2, -0.15) is 16.1 Å². The summed E-state index contributed by atoms with van der Waals surface area (Å²) in [6.07, 6.45) is 0.907. The lowest BCUT2D eigenvalue weighted by Crippen LogP contribution is -2.40. The lowest BCUT2D eigenvalue weighted by atomic mass is 10.0. The van der Waals surface area contributed by atoms with Crippen molar-refractivity contribution in [1.29, 1.82) is 0 Å². The molecular formula is C23H28N2O4S2. The number of thioether (sulfide) groups is 1. The summed E-state index contributed by atoms with van der Waals surface area (Å²) in [5, 5.41) is 0.389. The SMILES string of the molecule is Cc1ccccc1C1CCN(C(=O)c2ccc(S(=O)(=O)N3CCOCC3)cc2)CCS1. The van der Waals surface area contributed by atoms with Gasteiger partial charge in [0.25, 0.3) is 5.91 Å². The first-order chi connectivity index (χ1) is 15.0. The third-order valence-electron chi connectivity index (χ3n) is 5.87. The molecule has 0 radical (unpaired) electrons. The molecule has 2 heterocycles. The Bertz CT molecular complexity index is 1020. The quantitative estimate of drug-likeness (QED) is 0.700. The van der Waals surface area contributed by atoms with Gasteiger partial charge in [0.15, 0.2) is 0 Å². The van der Waals surface area contributed by atoms with E-state index in [-0.39, 0.29) is 10.8 Å². The first-order valence-electron chi connectivity index (χ1n) is 10.6. The fourth-order valence-corrected chi connectivity index (χ4v) is 6.79. The molecule has 2 fully saturated rings. The molecule has 0 spiro atoms. The maximum atomic E-state index is 13.1. The molecule has 31 heavy (non-hydrogen) atoms. The molecule has 2 aromatic rings. The van der Waals surface area contributed by atoms with Gasteiger partial charge < -0.3 is 9.64 Å². The van der Waals surface area contributed by atoms with E-state index in [1.165, 1.54) is 15.4 Å². The number of carbonyl (C=O) groups excluding carboxylic acids is 1. The molecule has 2 aromatic carbocycles. The smallest absolute Gasteiger partial charge is 0.253 e. The highest BCUT2D eigenvalue weighted by Crippen LogP contribution is 2.36. The van der Waals surface area contributed by atoms with Gasteiger partial charge in [-0.1, -0.05) is 24.3 Å². The normalized spacial score (nSPS) is 20.9. The molecule has 0 N–H and O–H groups in total. The number of morpholine rings is 1. The van der Waals surface area contributed by atoms with E-state index >= 15 is 0 Å². The van der Waals surface area contributed by atoms with Crippen LogP contribution in [0.2, 0.25) is 0 Å². The fraction of sp³-hybridized carbons (Fsp3) is 0.435. The highest BCUT2D eigenvalue weighted by molar-refractivity contribution is 7.99. The van der Waals surface area contributed by atoms with E-state index in [9.17, 15) is 13.2 Å². The van der Waals surface area contributed by atoms with E-state index in [4.69, 9.17) is 4.74 Å². The third-order valence-corrected chi connectivity index (χ3v) is 9.10. The van der Waals surface area contributed by atoms with E-state index in [1.54, 1.807) is 24.3 Å². The number of nitrogens with zero attached hydrogens (tertiary/aromatic N) is 2. The average Bonchev–Trinajstić information content (AvgIpc) is 3.06. The number of benzene rings is 2. The predicted molar refractivity (Wildman–Crippen MR) is 123 cm³/mol. The van der Waals surface area contributed by atoms with E-state index in [1.807, 2.05) is 16.7 Å². The Morgan fingerprint density at radius 1 is 1.00 bits per heavy atom. The number of hydrogen-bond acceptors (Lipinski definition) is 5. The molecule has 166 valence electrons. The number of sulfonamides is 1. The van der Waals surface area contributed by atoms with Crippen LogP contribution in [0.25, 0.3) is 0 Å². The number of amides is 1. The molecule has 0 aliphatic carbocycles. The molecule has 2 saturated heterocycles. The Morgan fingerprint density at radius 3 is 2.42 bits per heavy atom. The zero-order valence-electron chi connectivity index (χ0n) is 17.7. The van der Waals surface area contributed by atoms with Gasteiger partial charge in [0, 0.05) is 42.7 Å². The van der Waals surface area contributed by atoms with Crippen molar-refractivity contribution in [3.63, 3.8) is 0 Å². The molecule has 2 aliphatic rings. The molecule has 2 aliphatic heterocycles. The van der Waals surface area contributed by atoms with Gasteiger partial charge in [-0.3, -0.25) is 4.79 Å². The molecule has 1 unspecified atom stereocenters. The molecule has 0 saturated carbocycles. The van der Waals surface area contributed by atoms with Crippen molar-refractivity contribution >= 4 is 27.7 Å². The zero-order valence-corrected chi connectivity index (χ0v) is 19.3. The molecular weight excluding hydrogens is 432 g/mol. The van der Waals surface area contributed by atoms with Gasteiger partial charge in [0.05, 0.1) is 18.1 Å². The van der Waals surface area contributed by atoms with Crippen molar-refractivity contribution in [3.05, 3.63) is 65.2 Å². The maximum absolute atomic E-state index is 13.1. The summed E-state index contributed by atoms with van der Waals surface area (Å²) in [5.41, 5.74) is 3.16. The van der Waals surface area contributed by atoms with Crippen LogP contribution in [0.15, 0.2) is 53.4 Å². The van der Waals surface area contributed by atoms with Crippen molar-refractivity contribution in [2.24, 2.45) is 0 Å². The second-order valence-electron chi connectivity index (χ2n) is 7.84. The third kappa shape index (κ3) is 4.98. The van der Waals surface area contributed by atoms with Crippen LogP contribution < -0.4 is 0 Å². The number of hydrogen-bond donors (Lipinski definition) is 0. The molecule has 0 bridgehead atoms. The second kappa shape index (κ2) is 9.73. The minimum atomic E-state index is -3.55. The summed E-state index contributed by atoms with van der Waals surface area (Å²) in [5.74, 6) is 0.843. The van der Waals surface area contributed by atoms with Crippen molar-refractivity contribution < 1.29 is 17.9 Å². The first-order valence-corrected chi connectivity index (χ1v) is 13.1. The van der Waals surface area contributed by atoms with E-state index < -0.39 is 10.0 Å². The van der Waals surface area contributed by atoms with Crippen LogP contribution in [-0.4, -0.2) is 68.7 Å². The largest absolute Gasteiger partial charge is 0.379 e. The van der Waals surface area contributed by atoms with Crippen LogP contribution in [0.4, 0.5) is 0 Å². The van der Waals surface area contributed by atoms with Crippen molar-refractivity contribution in [2.45, 2.75) is 23.5 Å². The number of aryl methyl sites for hydroxylation is 1. The molecule has 6 nitrogen and oxygen atoms in total. The summed E-state index contributed by atoms with van der Waals surface area (Å²) in [4.78, 5) is 15.2. The van der Waals surface area contributed by atoms with Crippen LogP contribution in [0.3, 0.4) is 0 Å². The minimum Gasteiger partial charge on any atom is -0.379 e. The number of rotatable bonds is 4. The van der Waals surface area contributed by atoms with Gasteiger partial charge in [0.1, 0.15) is 0 Å². The van der Waals surface area contributed by atoms with E-state index in [0.29, 0.717) is 50.2 Å². The summed E-state index contributed by atoms with van der Waals surface area (Å²) in [7, 11) is -3.55. The van der Waals surface area contributed by atoms with E-state index in [2.05, 4.69) is 31.2 Å². The Balaban J connectivity index is 1.43. The first kappa shape index (κ1) is 22.3. The van der Waals surface area contributed by atoms with Gasteiger partial charge in [0.2, 0.25) is 10.0 Å². The van der Waals surface area contributed by atoms with Crippen molar-refractivity contribution in [3.8, 4) is 0 Å². The zero-order chi connectivity index (χ0) is 21.8. The van der Waals surface area contributed by atoms with Crippen LogP contribution in [0.5, 0.6) is 0 Å². The van der Waals surface area contributed by atoms with Crippen LogP contribution >= 0.6 is 11.8 Å². The topological polar surface area (TPSA) is 66.9 Å². The minimum absolute atomic E-state index is 0.0404. The fourth-order valence-electron chi connectivity index (χ4n) is 4.06. The summed E-state index contributed by atoms with van der Waals surface area (Å²) in [6.45, 7) is 5.06. The number of carbonyl (C=O) groups is 1. The molecule has 1 amide bonds. The molecule has 8 heteroatoms. The van der Waals surface area contributed by atoms with E-state index in [0.717, 1.165) is 12.2 Å². The highest BCUT2D eigenvalue weighted by Gasteiger charge is 2.27. The lowest BCUT2D eigenvalue weighted by Gasteiger charge is -2.26. The van der Waals surface area contributed by atoms with Gasteiger partial charge in [-0.05, 0) is 48.7 Å². The van der Waals surface area contributed by atoms with Crippen molar-refractivity contribution in [1.82, 2.24) is 9.21 Å². The Kier molecular flexibility index (Phi) is 7.01. The monoisotopic (exact) mass is 460 g/mol. The van der Waals surface area contributed by atoms with Crippen LogP contribution in [0, 0.1) is 6.92 Å². The number of ether oxygens (including phenoxy) is 1. The van der Waals surface area contributed by atoms with Crippen LogP contribution in [0.1, 0.15) is 33.2 Å². The standard InChI is InChI=1S/C23H28N2O4S2/c1-18-4-2-3-5-21(18)22-10-11-24(14-17-30-22)23(26)19-6-8-20(9-7-19)31(27,28)25-12-15-29-16-13-25/h2-9,22H,10-17H2,1H3. The average molecular weight is 461 g/mol. The molecule has 1 atom stereocenters. The van der Waals surface area contributed by atoms with Crippen LogP contribution in [-0.2, 0) is 14.8 Å².